The lowest BCUT2D eigenvalue weighted by Crippen LogP contribution is -2.23. The zero-order chi connectivity index (χ0) is 14.8. The lowest BCUT2D eigenvalue weighted by Gasteiger charge is -2.04. The van der Waals surface area contributed by atoms with Crippen molar-refractivity contribution in [3.8, 4) is 0 Å². The van der Waals surface area contributed by atoms with Crippen LogP contribution < -0.4 is 10.9 Å². The summed E-state index contributed by atoms with van der Waals surface area (Å²) in [4.78, 5) is 28.9. The van der Waals surface area contributed by atoms with E-state index in [1.807, 2.05) is 12.3 Å². The highest BCUT2D eigenvalue weighted by molar-refractivity contribution is 7.16. The van der Waals surface area contributed by atoms with Crippen LogP contribution in [-0.4, -0.2) is 25.7 Å². The molecule has 0 bridgehead atoms. The molecule has 7 nitrogen and oxygen atoms in total. The predicted molar refractivity (Wildman–Crippen MR) is 81.8 cm³/mol. The molecule has 3 aromatic rings. The van der Waals surface area contributed by atoms with Crippen LogP contribution in [0.15, 0.2) is 22.6 Å². The second kappa shape index (κ2) is 5.70. The Labute approximate surface area is 127 Å². The fraction of sp³-hybridized carbons (Fsp3) is 0.250. The van der Waals surface area contributed by atoms with Crippen LogP contribution in [0.25, 0.3) is 10.2 Å². The Bertz CT molecular complexity index is 851. The maximum Gasteiger partial charge on any atom is 0.262 e. The van der Waals surface area contributed by atoms with E-state index in [-0.39, 0.29) is 24.4 Å². The Morgan fingerprint density at radius 3 is 3.05 bits per heavy atom. The van der Waals surface area contributed by atoms with Crippen molar-refractivity contribution in [3.05, 3.63) is 33.1 Å². The molecule has 0 aliphatic heterocycles. The largest absolute Gasteiger partial charge is 0.300 e. The Morgan fingerprint density at radius 2 is 2.29 bits per heavy atom. The molecule has 3 rings (SSSR count). The zero-order valence-corrected chi connectivity index (χ0v) is 12.7. The van der Waals surface area contributed by atoms with Gasteiger partial charge in [-0.2, -0.15) is 0 Å². The van der Waals surface area contributed by atoms with Gasteiger partial charge in [0.1, 0.15) is 9.84 Å². The Hall–Kier alpha value is -2.13. The van der Waals surface area contributed by atoms with Gasteiger partial charge in [0.05, 0.1) is 11.7 Å². The van der Waals surface area contributed by atoms with Gasteiger partial charge in [-0.1, -0.05) is 11.3 Å². The van der Waals surface area contributed by atoms with Crippen molar-refractivity contribution in [2.75, 3.05) is 5.32 Å². The van der Waals surface area contributed by atoms with E-state index >= 15 is 0 Å². The van der Waals surface area contributed by atoms with Crippen LogP contribution in [0.3, 0.4) is 0 Å². The second-order valence-corrected chi connectivity index (χ2v) is 6.38. The standard InChI is InChI=1S/C12H11N5O2S2/c1-7-15-16-12(21-7)14-9(18)2-4-17-6-13-10-8(11(17)19)3-5-20-10/h3,5-6H,2,4H2,1H3,(H,14,16,18). The molecule has 0 fully saturated rings. The van der Waals surface area contributed by atoms with E-state index in [2.05, 4.69) is 20.5 Å². The molecule has 0 aliphatic carbocycles. The molecule has 3 aromatic heterocycles. The monoisotopic (exact) mass is 321 g/mol. The Balaban J connectivity index is 1.67. The number of aryl methyl sites for hydroxylation is 2. The molecule has 0 aromatic carbocycles. The van der Waals surface area contributed by atoms with Gasteiger partial charge in [-0.15, -0.1) is 21.5 Å². The molecule has 0 spiro atoms. The van der Waals surface area contributed by atoms with E-state index < -0.39 is 0 Å². The third-order valence-electron chi connectivity index (χ3n) is 2.80. The highest BCUT2D eigenvalue weighted by atomic mass is 32.1. The molecule has 0 saturated heterocycles. The molecule has 0 atom stereocenters. The lowest BCUT2D eigenvalue weighted by atomic mass is 10.3. The van der Waals surface area contributed by atoms with Crippen LogP contribution >= 0.6 is 22.7 Å². The van der Waals surface area contributed by atoms with E-state index in [1.54, 1.807) is 6.07 Å². The molecule has 0 saturated carbocycles. The number of carbonyl (C=O) groups is 1. The van der Waals surface area contributed by atoms with Gasteiger partial charge in [-0.3, -0.25) is 14.2 Å². The summed E-state index contributed by atoms with van der Waals surface area (Å²) in [5.74, 6) is -0.205. The molecule has 21 heavy (non-hydrogen) atoms. The SMILES string of the molecule is Cc1nnc(NC(=O)CCn2cnc3sccc3c2=O)s1. The van der Waals surface area contributed by atoms with Crippen molar-refractivity contribution in [2.24, 2.45) is 0 Å². The van der Waals surface area contributed by atoms with Crippen molar-refractivity contribution >= 4 is 43.9 Å². The van der Waals surface area contributed by atoms with Crippen molar-refractivity contribution in [1.82, 2.24) is 19.7 Å². The van der Waals surface area contributed by atoms with Crippen LogP contribution in [0.5, 0.6) is 0 Å². The molecule has 0 radical (unpaired) electrons. The lowest BCUT2D eigenvalue weighted by molar-refractivity contribution is -0.116. The third kappa shape index (κ3) is 2.98. The van der Waals surface area contributed by atoms with Crippen molar-refractivity contribution in [3.63, 3.8) is 0 Å². The normalized spacial score (nSPS) is 10.9. The molecule has 1 N–H and O–H groups in total. The number of fused-ring (bicyclic) bond motifs is 1. The Morgan fingerprint density at radius 1 is 1.43 bits per heavy atom. The number of thiophene rings is 1. The average Bonchev–Trinajstić information content (AvgIpc) is 3.07. The smallest absolute Gasteiger partial charge is 0.262 e. The maximum absolute atomic E-state index is 12.1. The summed E-state index contributed by atoms with van der Waals surface area (Å²) in [5, 5.41) is 14.0. The van der Waals surface area contributed by atoms with Gasteiger partial charge in [0, 0.05) is 13.0 Å². The van der Waals surface area contributed by atoms with Gasteiger partial charge in [0.25, 0.3) is 5.56 Å². The Kier molecular flexibility index (Phi) is 3.76. The minimum Gasteiger partial charge on any atom is -0.300 e. The summed E-state index contributed by atoms with van der Waals surface area (Å²) in [7, 11) is 0. The van der Waals surface area contributed by atoms with Gasteiger partial charge < -0.3 is 5.32 Å². The van der Waals surface area contributed by atoms with E-state index in [0.29, 0.717) is 15.3 Å². The predicted octanol–water partition coefficient (Wildman–Crippen LogP) is 1.65. The number of anilines is 1. The van der Waals surface area contributed by atoms with Crippen LogP contribution in [-0.2, 0) is 11.3 Å². The van der Waals surface area contributed by atoms with E-state index in [1.165, 1.54) is 33.6 Å². The van der Waals surface area contributed by atoms with Crippen molar-refractivity contribution < 1.29 is 4.79 Å². The summed E-state index contributed by atoms with van der Waals surface area (Å²) >= 11 is 2.73. The average molecular weight is 321 g/mol. The van der Waals surface area contributed by atoms with Gasteiger partial charge in [-0.25, -0.2) is 4.98 Å². The van der Waals surface area contributed by atoms with E-state index in [0.717, 1.165) is 5.01 Å². The molecule has 108 valence electrons. The minimum atomic E-state index is -0.205. The first kappa shape index (κ1) is 13.8. The molecular formula is C12H11N5O2S2. The molecule has 0 aliphatic rings. The number of carbonyl (C=O) groups excluding carboxylic acids is 1. The molecule has 9 heteroatoms. The van der Waals surface area contributed by atoms with Gasteiger partial charge in [0.15, 0.2) is 0 Å². The van der Waals surface area contributed by atoms with Crippen LogP contribution in [0, 0.1) is 6.92 Å². The highest BCUT2D eigenvalue weighted by Crippen LogP contribution is 2.14. The zero-order valence-electron chi connectivity index (χ0n) is 11.1. The van der Waals surface area contributed by atoms with Crippen molar-refractivity contribution in [2.45, 2.75) is 19.9 Å². The number of nitrogens with one attached hydrogen (secondary N) is 1. The highest BCUT2D eigenvalue weighted by Gasteiger charge is 2.09. The fourth-order valence-electron chi connectivity index (χ4n) is 1.80. The number of rotatable bonds is 4. The van der Waals surface area contributed by atoms with Crippen LogP contribution in [0.2, 0.25) is 0 Å². The van der Waals surface area contributed by atoms with Gasteiger partial charge in [0.2, 0.25) is 11.0 Å². The fourth-order valence-corrected chi connectivity index (χ4v) is 3.13. The molecule has 1 amide bonds. The number of nitrogens with zero attached hydrogens (tertiary/aromatic N) is 4. The minimum absolute atomic E-state index is 0.124. The number of amides is 1. The second-order valence-electron chi connectivity index (χ2n) is 4.31. The van der Waals surface area contributed by atoms with Gasteiger partial charge in [-0.05, 0) is 18.4 Å². The van der Waals surface area contributed by atoms with E-state index in [4.69, 9.17) is 0 Å². The summed E-state index contributed by atoms with van der Waals surface area (Å²) in [5.41, 5.74) is -0.124. The van der Waals surface area contributed by atoms with E-state index in [9.17, 15) is 9.59 Å². The number of hydrogen-bond donors (Lipinski definition) is 1. The maximum atomic E-state index is 12.1. The summed E-state index contributed by atoms with van der Waals surface area (Å²) in [6, 6.07) is 1.75. The topological polar surface area (TPSA) is 89.8 Å². The molecule has 0 unspecified atom stereocenters. The number of aromatic nitrogens is 4. The number of hydrogen-bond acceptors (Lipinski definition) is 7. The van der Waals surface area contributed by atoms with Crippen LogP contribution in [0.1, 0.15) is 11.4 Å². The quantitative estimate of drug-likeness (QED) is 0.789. The van der Waals surface area contributed by atoms with Crippen molar-refractivity contribution in [1.29, 1.82) is 0 Å². The van der Waals surface area contributed by atoms with Gasteiger partial charge >= 0.3 is 0 Å². The molecule has 3 heterocycles. The first-order valence-corrected chi connectivity index (χ1v) is 7.86. The first-order chi connectivity index (χ1) is 10.1. The summed E-state index contributed by atoms with van der Waals surface area (Å²) < 4.78 is 1.44. The van der Waals surface area contributed by atoms with Crippen LogP contribution in [0.4, 0.5) is 5.13 Å². The summed E-state index contributed by atoms with van der Waals surface area (Å²) in [6.45, 7) is 2.09. The third-order valence-corrected chi connectivity index (χ3v) is 4.38. The molecular weight excluding hydrogens is 310 g/mol. The summed E-state index contributed by atoms with van der Waals surface area (Å²) in [6.07, 6.45) is 1.65. The first-order valence-electron chi connectivity index (χ1n) is 6.16.